The maximum atomic E-state index is 13.8. The minimum atomic E-state index is -1.23. The summed E-state index contributed by atoms with van der Waals surface area (Å²) < 4.78 is 0. The Labute approximate surface area is 245 Å². The average Bonchev–Trinajstić information content (AvgIpc) is 2.96. The summed E-state index contributed by atoms with van der Waals surface area (Å²) in [5, 5.41) is 8.18. The van der Waals surface area contributed by atoms with Gasteiger partial charge in [0.25, 0.3) is 5.91 Å². The Morgan fingerprint density at radius 3 is 2.38 bits per heavy atom. The number of nitrogens with zero attached hydrogens (tertiary/aromatic N) is 2. The van der Waals surface area contributed by atoms with E-state index in [1.807, 2.05) is 36.4 Å². The number of piperidine rings is 1. The zero-order valence-corrected chi connectivity index (χ0v) is 24.2. The SMILES string of the molecule is CC(C)(C)NC(=O)C(=O)[C@H](C[C@@H]1CCCNC1=O)NC(=O)[C@@H](CC(=O)c1cnc2ccccc2n1)Cc1ccccc1. The maximum absolute atomic E-state index is 13.8. The molecule has 1 aromatic heterocycles. The molecule has 10 nitrogen and oxygen atoms in total. The molecule has 0 spiro atoms. The van der Waals surface area contributed by atoms with E-state index in [1.165, 1.54) is 6.20 Å². The first kappa shape index (κ1) is 30.5. The van der Waals surface area contributed by atoms with Gasteiger partial charge in [0.15, 0.2) is 5.78 Å². The number of fused-ring (bicyclic) bond motifs is 1. The van der Waals surface area contributed by atoms with E-state index in [2.05, 4.69) is 25.9 Å². The number of nitrogens with one attached hydrogen (secondary N) is 3. The molecule has 0 aliphatic carbocycles. The Balaban J connectivity index is 1.58. The van der Waals surface area contributed by atoms with E-state index >= 15 is 0 Å². The van der Waals surface area contributed by atoms with Crippen molar-refractivity contribution in [3.63, 3.8) is 0 Å². The molecule has 0 radical (unpaired) electrons. The fourth-order valence-electron chi connectivity index (χ4n) is 5.00. The number of para-hydroxylation sites is 2. The number of rotatable bonds is 11. The van der Waals surface area contributed by atoms with Crippen LogP contribution in [0.3, 0.4) is 0 Å². The first-order valence-corrected chi connectivity index (χ1v) is 14.2. The minimum Gasteiger partial charge on any atom is -0.356 e. The first-order chi connectivity index (χ1) is 20.0. The van der Waals surface area contributed by atoms with Crippen molar-refractivity contribution in [1.82, 2.24) is 25.9 Å². The second-order valence-corrected chi connectivity index (χ2v) is 11.8. The van der Waals surface area contributed by atoms with Crippen molar-refractivity contribution in [2.24, 2.45) is 11.8 Å². The van der Waals surface area contributed by atoms with Gasteiger partial charge in [-0.25, -0.2) is 4.98 Å². The number of carbonyl (C=O) groups is 5. The van der Waals surface area contributed by atoms with Crippen LogP contribution in [0.25, 0.3) is 11.0 Å². The summed E-state index contributed by atoms with van der Waals surface area (Å²) in [4.78, 5) is 74.6. The minimum absolute atomic E-state index is 0.0177. The Hall–Kier alpha value is -4.47. The molecule has 3 N–H and O–H groups in total. The summed E-state index contributed by atoms with van der Waals surface area (Å²) in [6.45, 7) is 5.79. The average molecular weight is 572 g/mol. The van der Waals surface area contributed by atoms with Crippen molar-refractivity contribution < 1.29 is 24.0 Å². The van der Waals surface area contributed by atoms with Crippen LogP contribution in [0.5, 0.6) is 0 Å². The lowest BCUT2D eigenvalue weighted by Gasteiger charge is -2.28. The van der Waals surface area contributed by atoms with Crippen LogP contribution in [-0.4, -0.2) is 57.4 Å². The molecule has 4 rings (SSSR count). The van der Waals surface area contributed by atoms with E-state index < -0.39 is 41.0 Å². The van der Waals surface area contributed by atoms with E-state index in [4.69, 9.17) is 0 Å². The first-order valence-electron chi connectivity index (χ1n) is 14.2. The van der Waals surface area contributed by atoms with Gasteiger partial charge in [0.05, 0.1) is 23.3 Å². The van der Waals surface area contributed by atoms with E-state index in [1.54, 1.807) is 39.0 Å². The number of benzene rings is 2. The van der Waals surface area contributed by atoms with Crippen molar-refractivity contribution in [3.05, 3.63) is 72.1 Å². The van der Waals surface area contributed by atoms with Crippen molar-refractivity contribution in [1.29, 1.82) is 0 Å². The van der Waals surface area contributed by atoms with E-state index in [-0.39, 0.29) is 36.6 Å². The van der Waals surface area contributed by atoms with Crippen LogP contribution in [0.2, 0.25) is 0 Å². The molecule has 3 amide bonds. The zero-order valence-electron chi connectivity index (χ0n) is 24.2. The number of ketones is 2. The molecule has 1 aliphatic rings. The van der Waals surface area contributed by atoms with Gasteiger partial charge in [0.1, 0.15) is 5.69 Å². The number of hydrogen-bond acceptors (Lipinski definition) is 7. The van der Waals surface area contributed by atoms with Crippen molar-refractivity contribution in [2.75, 3.05) is 6.54 Å². The lowest BCUT2D eigenvalue weighted by atomic mass is 9.88. The van der Waals surface area contributed by atoms with Gasteiger partial charge in [0.2, 0.25) is 17.6 Å². The lowest BCUT2D eigenvalue weighted by Crippen LogP contribution is -2.54. The normalized spacial score (nSPS) is 16.6. The molecule has 3 aromatic rings. The molecule has 1 saturated heterocycles. The fourth-order valence-corrected chi connectivity index (χ4v) is 5.00. The van der Waals surface area contributed by atoms with Gasteiger partial charge in [-0.15, -0.1) is 0 Å². The van der Waals surface area contributed by atoms with E-state index in [0.29, 0.717) is 24.0 Å². The molecule has 3 atom stereocenters. The molecule has 10 heteroatoms. The second-order valence-electron chi connectivity index (χ2n) is 11.8. The molecule has 220 valence electrons. The summed E-state index contributed by atoms with van der Waals surface area (Å²) in [5.41, 5.74) is 1.50. The largest absolute Gasteiger partial charge is 0.356 e. The van der Waals surface area contributed by atoms with Gasteiger partial charge in [0, 0.05) is 30.3 Å². The fraction of sp³-hybridized carbons (Fsp3) is 0.406. The summed E-state index contributed by atoms with van der Waals surface area (Å²) in [6, 6.07) is 15.2. The Kier molecular flexibility index (Phi) is 9.77. The van der Waals surface area contributed by atoms with Crippen LogP contribution in [0.4, 0.5) is 0 Å². The highest BCUT2D eigenvalue weighted by atomic mass is 16.2. The number of amides is 3. The Morgan fingerprint density at radius 1 is 1.00 bits per heavy atom. The van der Waals surface area contributed by atoms with Crippen molar-refractivity contribution in [2.45, 2.75) is 64.5 Å². The van der Waals surface area contributed by atoms with E-state index in [9.17, 15) is 24.0 Å². The predicted octanol–water partition coefficient (Wildman–Crippen LogP) is 2.95. The number of hydrogen-bond donors (Lipinski definition) is 3. The standard InChI is InChI=1S/C32H37N5O5/c1-32(2,3)37-31(42)28(39)25(17-21-12-9-15-33-29(21)40)36-30(41)22(16-20-10-5-4-6-11-20)18-27(38)26-19-34-23-13-7-8-14-24(23)35-26/h4-8,10-11,13-14,19,21-22,25H,9,12,15-18H2,1-3H3,(H,33,40)(H,36,41)(H,37,42)/t21-,22+,25-/m0/s1. The molecule has 0 unspecified atom stereocenters. The van der Waals surface area contributed by atoms with E-state index in [0.717, 1.165) is 12.0 Å². The van der Waals surface area contributed by atoms with Crippen molar-refractivity contribution in [3.8, 4) is 0 Å². The summed E-state index contributed by atoms with van der Waals surface area (Å²) in [7, 11) is 0. The van der Waals surface area contributed by atoms with Crippen LogP contribution >= 0.6 is 0 Å². The number of Topliss-reactive ketones (excluding diaryl/α,β-unsaturated/α-hetero) is 2. The van der Waals surface area contributed by atoms with Gasteiger partial charge < -0.3 is 16.0 Å². The van der Waals surface area contributed by atoms with Crippen LogP contribution in [-0.2, 0) is 25.6 Å². The third kappa shape index (κ3) is 8.28. The van der Waals surface area contributed by atoms with Gasteiger partial charge in [-0.1, -0.05) is 42.5 Å². The van der Waals surface area contributed by atoms with Gasteiger partial charge >= 0.3 is 0 Å². The molecule has 2 aromatic carbocycles. The second kappa shape index (κ2) is 13.5. The predicted molar refractivity (Wildman–Crippen MR) is 157 cm³/mol. The summed E-state index contributed by atoms with van der Waals surface area (Å²) >= 11 is 0. The highest BCUT2D eigenvalue weighted by molar-refractivity contribution is 6.38. The van der Waals surface area contributed by atoms with Crippen LogP contribution in [0.1, 0.15) is 62.5 Å². The molecule has 0 saturated carbocycles. The number of aromatic nitrogens is 2. The number of carbonyl (C=O) groups excluding carboxylic acids is 5. The molecule has 2 heterocycles. The van der Waals surface area contributed by atoms with Gasteiger partial charge in [-0.3, -0.25) is 29.0 Å². The topological polar surface area (TPSA) is 147 Å². The highest BCUT2D eigenvalue weighted by Crippen LogP contribution is 2.21. The Bertz CT molecular complexity index is 1470. The third-order valence-electron chi connectivity index (χ3n) is 7.13. The molecule has 1 fully saturated rings. The van der Waals surface area contributed by atoms with Gasteiger partial charge in [-0.05, 0) is 64.2 Å². The molecule has 1 aliphatic heterocycles. The summed E-state index contributed by atoms with van der Waals surface area (Å²) in [6.07, 6.45) is 2.69. The monoisotopic (exact) mass is 571 g/mol. The highest BCUT2D eigenvalue weighted by Gasteiger charge is 2.36. The molecule has 0 bridgehead atoms. The maximum Gasteiger partial charge on any atom is 0.290 e. The Morgan fingerprint density at radius 2 is 1.69 bits per heavy atom. The lowest BCUT2D eigenvalue weighted by molar-refractivity contribution is -0.142. The van der Waals surface area contributed by atoms with Crippen LogP contribution in [0.15, 0.2) is 60.8 Å². The summed E-state index contributed by atoms with van der Waals surface area (Å²) in [5.74, 6) is -4.21. The van der Waals surface area contributed by atoms with Crippen molar-refractivity contribution >= 4 is 40.3 Å². The smallest absolute Gasteiger partial charge is 0.290 e. The molecule has 42 heavy (non-hydrogen) atoms. The molecular weight excluding hydrogens is 534 g/mol. The van der Waals surface area contributed by atoms with Gasteiger partial charge in [-0.2, -0.15) is 0 Å². The van der Waals surface area contributed by atoms with Crippen LogP contribution in [0, 0.1) is 11.8 Å². The van der Waals surface area contributed by atoms with Crippen LogP contribution < -0.4 is 16.0 Å². The third-order valence-corrected chi connectivity index (χ3v) is 7.13. The quantitative estimate of drug-likeness (QED) is 0.237. The molecular formula is C32H37N5O5. The zero-order chi connectivity index (χ0) is 30.3.